The molecule has 2 unspecified atom stereocenters. The van der Waals surface area contributed by atoms with Crippen LogP contribution in [0.5, 0.6) is 0 Å². The monoisotopic (exact) mass is 187 g/mol. The van der Waals surface area contributed by atoms with Gasteiger partial charge in [-0.15, -0.1) is 0 Å². The lowest BCUT2D eigenvalue weighted by Gasteiger charge is -2.40. The number of ether oxygens (including phenoxy) is 1. The van der Waals surface area contributed by atoms with E-state index >= 15 is 0 Å². The lowest BCUT2D eigenvalue weighted by atomic mass is 9.70. The second-order valence-electron chi connectivity index (χ2n) is 4.65. The summed E-state index contributed by atoms with van der Waals surface area (Å²) in [6.45, 7) is 7.29. The maximum atomic E-state index is 9.43. The van der Waals surface area contributed by atoms with Crippen molar-refractivity contribution < 1.29 is 9.84 Å². The van der Waals surface area contributed by atoms with Crippen LogP contribution < -0.4 is 5.73 Å². The normalized spacial score (nSPS) is 34.8. The minimum atomic E-state index is -0.301. The molecule has 78 valence electrons. The molecule has 1 rings (SSSR count). The second kappa shape index (κ2) is 3.56. The predicted octanol–water partition coefficient (Wildman–Crippen LogP) is 0.901. The van der Waals surface area contributed by atoms with E-state index in [0.717, 1.165) is 19.4 Å². The Labute approximate surface area is 80.3 Å². The first kappa shape index (κ1) is 11.0. The molecule has 0 aromatic carbocycles. The Hall–Kier alpha value is -0.120. The summed E-state index contributed by atoms with van der Waals surface area (Å²) in [6.07, 6.45) is 1.39. The Morgan fingerprint density at radius 2 is 2.15 bits per heavy atom. The van der Waals surface area contributed by atoms with Gasteiger partial charge < -0.3 is 15.6 Å². The first-order valence-corrected chi connectivity index (χ1v) is 4.96. The van der Waals surface area contributed by atoms with Crippen molar-refractivity contribution in [2.45, 2.75) is 45.3 Å². The average Bonchev–Trinajstić information content (AvgIpc) is 2.27. The van der Waals surface area contributed by atoms with E-state index in [1.807, 2.05) is 6.92 Å². The maximum Gasteiger partial charge on any atom is 0.0696 e. The number of rotatable bonds is 3. The van der Waals surface area contributed by atoms with Crippen molar-refractivity contribution in [1.82, 2.24) is 0 Å². The summed E-state index contributed by atoms with van der Waals surface area (Å²) in [7, 11) is 0. The summed E-state index contributed by atoms with van der Waals surface area (Å²) >= 11 is 0. The lowest BCUT2D eigenvalue weighted by Crippen LogP contribution is -2.47. The molecule has 1 fully saturated rings. The molecule has 0 aromatic rings. The number of hydrogen-bond acceptors (Lipinski definition) is 3. The third-order valence-corrected chi connectivity index (χ3v) is 3.40. The molecule has 0 bridgehead atoms. The van der Waals surface area contributed by atoms with Crippen molar-refractivity contribution in [2.75, 3.05) is 13.2 Å². The van der Waals surface area contributed by atoms with Crippen LogP contribution in [-0.2, 0) is 4.74 Å². The van der Waals surface area contributed by atoms with Gasteiger partial charge in [-0.2, -0.15) is 0 Å². The summed E-state index contributed by atoms with van der Waals surface area (Å²) in [5.74, 6) is 0. The van der Waals surface area contributed by atoms with Crippen LogP contribution in [0.15, 0.2) is 0 Å². The molecule has 3 N–H and O–H groups in total. The van der Waals surface area contributed by atoms with Gasteiger partial charge >= 0.3 is 0 Å². The Bertz CT molecular complexity index is 180. The van der Waals surface area contributed by atoms with Crippen molar-refractivity contribution in [3.63, 3.8) is 0 Å². The zero-order valence-corrected chi connectivity index (χ0v) is 8.84. The van der Waals surface area contributed by atoms with Gasteiger partial charge in [-0.3, -0.25) is 0 Å². The molecule has 13 heavy (non-hydrogen) atoms. The summed E-state index contributed by atoms with van der Waals surface area (Å²) < 4.78 is 5.66. The van der Waals surface area contributed by atoms with E-state index in [0.29, 0.717) is 6.54 Å². The molecule has 0 amide bonds. The Morgan fingerprint density at radius 3 is 2.46 bits per heavy atom. The van der Waals surface area contributed by atoms with Crippen LogP contribution in [0.2, 0.25) is 0 Å². The number of aliphatic hydroxyl groups is 1. The molecular weight excluding hydrogens is 166 g/mol. The molecule has 0 aromatic heterocycles. The van der Waals surface area contributed by atoms with E-state index in [1.165, 1.54) is 0 Å². The first-order chi connectivity index (χ1) is 5.93. The largest absolute Gasteiger partial charge is 0.393 e. The minimum absolute atomic E-state index is 0.0405. The SMILES string of the molecule is CC(O)CC1(CN)CCOC1(C)C. The van der Waals surface area contributed by atoms with Crippen molar-refractivity contribution in [2.24, 2.45) is 11.1 Å². The van der Waals surface area contributed by atoms with E-state index in [-0.39, 0.29) is 17.1 Å². The molecule has 2 atom stereocenters. The minimum Gasteiger partial charge on any atom is -0.393 e. The lowest BCUT2D eigenvalue weighted by molar-refractivity contribution is -0.0470. The number of nitrogens with two attached hydrogens (primary N) is 1. The molecule has 3 nitrogen and oxygen atoms in total. The van der Waals surface area contributed by atoms with Crippen molar-refractivity contribution in [1.29, 1.82) is 0 Å². The van der Waals surface area contributed by atoms with Gasteiger partial charge in [0, 0.05) is 18.6 Å². The van der Waals surface area contributed by atoms with E-state index in [1.54, 1.807) is 0 Å². The molecule has 0 saturated carbocycles. The van der Waals surface area contributed by atoms with Gasteiger partial charge in [0.2, 0.25) is 0 Å². The van der Waals surface area contributed by atoms with E-state index < -0.39 is 0 Å². The molecule has 0 aliphatic carbocycles. The van der Waals surface area contributed by atoms with Crippen molar-refractivity contribution in [3.8, 4) is 0 Å². The predicted molar refractivity (Wildman–Crippen MR) is 52.4 cm³/mol. The third kappa shape index (κ3) is 1.87. The smallest absolute Gasteiger partial charge is 0.0696 e. The van der Waals surface area contributed by atoms with E-state index in [4.69, 9.17) is 10.5 Å². The van der Waals surface area contributed by atoms with E-state index in [2.05, 4.69) is 13.8 Å². The summed E-state index contributed by atoms with van der Waals surface area (Å²) in [6, 6.07) is 0. The number of aliphatic hydroxyl groups excluding tert-OH is 1. The van der Waals surface area contributed by atoms with Crippen LogP contribution in [0.4, 0.5) is 0 Å². The molecule has 0 radical (unpaired) electrons. The van der Waals surface area contributed by atoms with Crippen molar-refractivity contribution >= 4 is 0 Å². The molecule has 0 spiro atoms. The molecular formula is C10H21NO2. The Balaban J connectivity index is 2.79. The molecule has 1 aliphatic heterocycles. The zero-order valence-electron chi connectivity index (χ0n) is 8.84. The highest BCUT2D eigenvalue weighted by Crippen LogP contribution is 2.45. The fourth-order valence-corrected chi connectivity index (χ4v) is 2.30. The van der Waals surface area contributed by atoms with Crippen molar-refractivity contribution in [3.05, 3.63) is 0 Å². The number of hydrogen-bond donors (Lipinski definition) is 2. The fraction of sp³-hybridized carbons (Fsp3) is 1.00. The molecule has 1 aliphatic rings. The van der Waals surface area contributed by atoms with Gasteiger partial charge in [-0.1, -0.05) is 0 Å². The maximum absolute atomic E-state index is 9.43. The molecule has 3 heteroatoms. The van der Waals surface area contributed by atoms with Gasteiger partial charge in [0.25, 0.3) is 0 Å². The molecule has 1 saturated heterocycles. The van der Waals surface area contributed by atoms with Gasteiger partial charge in [0.05, 0.1) is 11.7 Å². The fourth-order valence-electron chi connectivity index (χ4n) is 2.30. The molecule has 1 heterocycles. The highest BCUT2D eigenvalue weighted by atomic mass is 16.5. The highest BCUT2D eigenvalue weighted by Gasteiger charge is 2.49. The Kier molecular flexibility index (Phi) is 3.00. The Morgan fingerprint density at radius 1 is 1.54 bits per heavy atom. The quantitative estimate of drug-likeness (QED) is 0.690. The third-order valence-electron chi connectivity index (χ3n) is 3.40. The summed E-state index contributed by atoms with van der Waals surface area (Å²) in [4.78, 5) is 0. The summed E-state index contributed by atoms with van der Waals surface area (Å²) in [5, 5.41) is 9.43. The van der Waals surface area contributed by atoms with E-state index in [9.17, 15) is 5.11 Å². The van der Waals surface area contributed by atoms with Crippen LogP contribution >= 0.6 is 0 Å². The van der Waals surface area contributed by atoms with Gasteiger partial charge in [-0.25, -0.2) is 0 Å². The van der Waals surface area contributed by atoms with Crippen LogP contribution in [-0.4, -0.2) is 30.0 Å². The highest BCUT2D eigenvalue weighted by molar-refractivity contribution is 5.00. The second-order valence-corrected chi connectivity index (χ2v) is 4.65. The van der Waals surface area contributed by atoms with Crippen LogP contribution in [0.1, 0.15) is 33.6 Å². The topological polar surface area (TPSA) is 55.5 Å². The van der Waals surface area contributed by atoms with Gasteiger partial charge in [-0.05, 0) is 33.6 Å². The van der Waals surface area contributed by atoms with Gasteiger partial charge in [0.1, 0.15) is 0 Å². The van der Waals surface area contributed by atoms with Crippen LogP contribution in [0.3, 0.4) is 0 Å². The summed E-state index contributed by atoms with van der Waals surface area (Å²) in [5.41, 5.74) is 5.57. The first-order valence-electron chi connectivity index (χ1n) is 4.96. The van der Waals surface area contributed by atoms with Crippen LogP contribution in [0, 0.1) is 5.41 Å². The average molecular weight is 187 g/mol. The van der Waals surface area contributed by atoms with Crippen LogP contribution in [0.25, 0.3) is 0 Å². The standard InChI is InChI=1S/C10H21NO2/c1-8(12)6-10(7-11)4-5-13-9(10,2)3/h8,12H,4-7,11H2,1-3H3. The zero-order chi connectivity index (χ0) is 10.1. The van der Waals surface area contributed by atoms with Gasteiger partial charge in [0.15, 0.2) is 0 Å².